The number of nitrogens with one attached hydrogen (secondary N) is 1. The normalized spacial score (nSPS) is 12.2. The van der Waals surface area contributed by atoms with E-state index in [2.05, 4.69) is 17.2 Å². The summed E-state index contributed by atoms with van der Waals surface area (Å²) in [6.07, 6.45) is 6.72. The first-order chi connectivity index (χ1) is 18.8. The number of esters is 1. The molecule has 1 aliphatic rings. The Bertz CT molecular complexity index is 1510. The van der Waals surface area contributed by atoms with Gasteiger partial charge in [0.15, 0.2) is 6.61 Å². The third-order valence-corrected chi connectivity index (χ3v) is 6.78. The standard InChI is InChI=1S/C31H31ClN2O5.Na.H/c1-21(35)6-3-2-4-8-29(36)39-17-5-7-22-11-16-28-26(18-22)30(37)27(20-34(28)25-14-15-25)31(38)33-19-23-9-12-24(32)13-10-23;;/h9-13,16,18,20,25H,2-4,6,8,14-15,17,19H2,1H3,(H,33,38);;/q;+1;-1. The fraction of sp³-hybridized carbons (Fsp3) is 0.355. The predicted octanol–water partition coefficient (Wildman–Crippen LogP) is 2.47. The maximum atomic E-state index is 13.3. The van der Waals surface area contributed by atoms with Crippen LogP contribution in [-0.2, 0) is 20.9 Å². The van der Waals surface area contributed by atoms with Gasteiger partial charge in [-0.05, 0) is 68.5 Å². The Labute approximate surface area is 262 Å². The van der Waals surface area contributed by atoms with E-state index in [1.54, 1.807) is 31.3 Å². The Hall–Kier alpha value is -2.89. The molecule has 1 aliphatic carbocycles. The number of rotatable bonds is 11. The monoisotopic (exact) mass is 570 g/mol. The Kier molecular flexibility index (Phi) is 12.0. The number of ketones is 1. The van der Waals surface area contributed by atoms with Gasteiger partial charge in [-0.2, -0.15) is 0 Å². The third-order valence-electron chi connectivity index (χ3n) is 6.53. The van der Waals surface area contributed by atoms with Crippen LogP contribution in [0.3, 0.4) is 0 Å². The molecule has 40 heavy (non-hydrogen) atoms. The van der Waals surface area contributed by atoms with Gasteiger partial charge in [-0.15, -0.1) is 0 Å². The summed E-state index contributed by atoms with van der Waals surface area (Å²) in [5.41, 5.74) is 1.97. The van der Waals surface area contributed by atoms with Gasteiger partial charge in [-0.25, -0.2) is 0 Å². The van der Waals surface area contributed by atoms with E-state index < -0.39 is 5.91 Å². The average molecular weight is 571 g/mol. The fourth-order valence-electron chi connectivity index (χ4n) is 4.28. The number of pyridine rings is 1. The molecule has 0 bridgehead atoms. The number of ether oxygens (including phenoxy) is 1. The summed E-state index contributed by atoms with van der Waals surface area (Å²) in [6, 6.07) is 12.8. The molecule has 2 aromatic carbocycles. The van der Waals surface area contributed by atoms with Crippen LogP contribution in [0.2, 0.25) is 5.02 Å². The van der Waals surface area contributed by atoms with Crippen molar-refractivity contribution in [2.24, 2.45) is 0 Å². The first-order valence-electron chi connectivity index (χ1n) is 13.2. The SMILES string of the molecule is CC(=O)CCCCCC(=O)OCC#Cc1ccc2c(c1)c(=O)c(C(=O)NCc1ccc(Cl)cc1)cn2C1CC1.[H-].[Na+]. The minimum Gasteiger partial charge on any atom is -1.00 e. The van der Waals surface area contributed by atoms with Crippen LogP contribution in [0.15, 0.2) is 53.5 Å². The number of carbonyl (C=O) groups excluding carboxylic acids is 3. The van der Waals surface area contributed by atoms with Gasteiger partial charge in [0.1, 0.15) is 11.3 Å². The molecule has 7 nitrogen and oxygen atoms in total. The van der Waals surface area contributed by atoms with Crippen molar-refractivity contribution in [3.05, 3.63) is 80.6 Å². The van der Waals surface area contributed by atoms with E-state index in [0.717, 1.165) is 36.8 Å². The zero-order valence-corrected chi connectivity index (χ0v) is 25.7. The zero-order valence-electron chi connectivity index (χ0n) is 23.9. The molecule has 0 aliphatic heterocycles. The van der Waals surface area contributed by atoms with Crippen molar-refractivity contribution in [1.29, 1.82) is 0 Å². The van der Waals surface area contributed by atoms with Crippen LogP contribution in [0.25, 0.3) is 10.9 Å². The van der Waals surface area contributed by atoms with Crippen molar-refractivity contribution in [2.45, 2.75) is 64.5 Å². The minimum atomic E-state index is -0.434. The second kappa shape index (κ2) is 15.2. The number of carbonyl (C=O) groups is 3. The molecule has 1 fully saturated rings. The minimum absolute atomic E-state index is 0. The fourth-order valence-corrected chi connectivity index (χ4v) is 4.40. The van der Waals surface area contributed by atoms with E-state index in [1.807, 2.05) is 28.8 Å². The van der Waals surface area contributed by atoms with Gasteiger partial charge in [0.05, 0.1) is 5.52 Å². The van der Waals surface area contributed by atoms with Gasteiger partial charge in [0.2, 0.25) is 5.43 Å². The maximum Gasteiger partial charge on any atom is 1.00 e. The van der Waals surface area contributed by atoms with Crippen LogP contribution in [0.1, 0.15) is 80.8 Å². The maximum absolute atomic E-state index is 13.3. The van der Waals surface area contributed by atoms with E-state index in [9.17, 15) is 19.2 Å². The van der Waals surface area contributed by atoms with Crippen LogP contribution in [0.5, 0.6) is 0 Å². The molecular weight excluding hydrogens is 539 g/mol. The molecule has 9 heteroatoms. The Balaban J connectivity index is 0.00000294. The molecule has 1 N–H and O–H groups in total. The van der Waals surface area contributed by atoms with Crippen LogP contribution in [-0.4, -0.2) is 28.8 Å². The number of unbranched alkanes of at least 4 members (excludes halogenated alkanes) is 2. The second-order valence-electron chi connectivity index (χ2n) is 9.78. The summed E-state index contributed by atoms with van der Waals surface area (Å²) < 4.78 is 7.18. The van der Waals surface area contributed by atoms with Gasteiger partial charge in [0.25, 0.3) is 5.91 Å². The molecule has 1 aromatic heterocycles. The number of benzene rings is 2. The molecule has 0 saturated heterocycles. The van der Waals surface area contributed by atoms with Gasteiger partial charge in [-0.1, -0.05) is 42.0 Å². The molecule has 204 valence electrons. The van der Waals surface area contributed by atoms with Crippen LogP contribution >= 0.6 is 11.6 Å². The van der Waals surface area contributed by atoms with Gasteiger partial charge in [-0.3, -0.25) is 14.4 Å². The number of nitrogens with zero attached hydrogens (tertiary/aromatic N) is 1. The smallest absolute Gasteiger partial charge is 1.00 e. The van der Waals surface area contributed by atoms with Crippen LogP contribution < -0.4 is 40.3 Å². The van der Waals surface area contributed by atoms with E-state index in [-0.39, 0.29) is 72.9 Å². The summed E-state index contributed by atoms with van der Waals surface area (Å²) in [4.78, 5) is 49.2. The quantitative estimate of drug-likeness (QED) is 0.165. The molecular formula is C31H32ClN2NaO5. The number of hydrogen-bond donors (Lipinski definition) is 1. The van der Waals surface area contributed by atoms with Crippen LogP contribution in [0.4, 0.5) is 0 Å². The van der Waals surface area contributed by atoms with E-state index >= 15 is 0 Å². The van der Waals surface area contributed by atoms with Crippen molar-refractivity contribution < 1.29 is 50.1 Å². The van der Waals surface area contributed by atoms with Crippen molar-refractivity contribution in [3.63, 3.8) is 0 Å². The summed E-state index contributed by atoms with van der Waals surface area (Å²) in [7, 11) is 0. The molecule has 1 amide bonds. The van der Waals surface area contributed by atoms with Crippen molar-refractivity contribution >= 4 is 40.2 Å². The second-order valence-corrected chi connectivity index (χ2v) is 10.2. The van der Waals surface area contributed by atoms with Crippen LogP contribution in [0, 0.1) is 11.8 Å². The molecule has 3 aromatic rings. The average Bonchev–Trinajstić information content (AvgIpc) is 3.76. The largest absolute Gasteiger partial charge is 1.00 e. The molecule has 1 saturated carbocycles. The summed E-state index contributed by atoms with van der Waals surface area (Å²) in [5.74, 6) is 5.17. The number of halogens is 1. The number of Topliss-reactive ketones (excluding diaryl/α,β-unsaturated/α-hetero) is 1. The molecule has 0 atom stereocenters. The molecule has 4 rings (SSSR count). The van der Waals surface area contributed by atoms with Crippen molar-refractivity contribution in [1.82, 2.24) is 9.88 Å². The zero-order chi connectivity index (χ0) is 27.8. The van der Waals surface area contributed by atoms with Gasteiger partial charge < -0.3 is 20.8 Å². The summed E-state index contributed by atoms with van der Waals surface area (Å²) in [6.45, 7) is 1.79. The van der Waals surface area contributed by atoms with E-state index in [4.69, 9.17) is 16.3 Å². The number of amides is 1. The van der Waals surface area contributed by atoms with E-state index in [1.165, 1.54) is 0 Å². The molecule has 1 heterocycles. The third kappa shape index (κ3) is 9.07. The number of hydrogen-bond acceptors (Lipinski definition) is 5. The first-order valence-corrected chi connectivity index (χ1v) is 13.5. The Morgan fingerprint density at radius 1 is 1.07 bits per heavy atom. The topological polar surface area (TPSA) is 94.5 Å². The van der Waals surface area contributed by atoms with Gasteiger partial charge >= 0.3 is 35.5 Å². The Morgan fingerprint density at radius 2 is 1.80 bits per heavy atom. The van der Waals surface area contributed by atoms with E-state index in [0.29, 0.717) is 35.2 Å². The molecule has 0 spiro atoms. The summed E-state index contributed by atoms with van der Waals surface area (Å²) in [5, 5.41) is 3.87. The van der Waals surface area contributed by atoms with Gasteiger partial charge in [0, 0.05) is 47.6 Å². The van der Waals surface area contributed by atoms with Crippen molar-refractivity contribution in [3.8, 4) is 11.8 Å². The van der Waals surface area contributed by atoms with Crippen molar-refractivity contribution in [2.75, 3.05) is 6.61 Å². The molecule has 0 unspecified atom stereocenters. The predicted molar refractivity (Wildman–Crippen MR) is 152 cm³/mol. The number of aromatic nitrogens is 1. The Morgan fingerprint density at radius 3 is 2.50 bits per heavy atom. The molecule has 0 radical (unpaired) electrons. The number of fused-ring (bicyclic) bond motifs is 1. The summed E-state index contributed by atoms with van der Waals surface area (Å²) >= 11 is 5.93. The first kappa shape index (κ1) is 31.6.